The highest BCUT2D eigenvalue weighted by molar-refractivity contribution is 5.03. The van der Waals surface area contributed by atoms with Gasteiger partial charge in [0.05, 0.1) is 6.61 Å². The molecule has 5 atom stereocenters. The number of epoxide rings is 1. The van der Waals surface area contributed by atoms with Crippen LogP contribution in [0.2, 0.25) is 0 Å². The molecule has 10 heavy (non-hydrogen) atoms. The average molecular weight is 144 g/mol. The molecule has 56 valence electrons. The maximum atomic E-state index is 9.33. The van der Waals surface area contributed by atoms with E-state index in [-0.39, 0.29) is 18.3 Å². The highest BCUT2D eigenvalue weighted by atomic mass is 16.8. The van der Waals surface area contributed by atoms with Crippen molar-refractivity contribution in [1.82, 2.24) is 0 Å². The van der Waals surface area contributed by atoms with E-state index in [4.69, 9.17) is 14.2 Å². The van der Waals surface area contributed by atoms with E-state index in [1.54, 1.807) is 0 Å². The van der Waals surface area contributed by atoms with Gasteiger partial charge in [-0.3, -0.25) is 0 Å². The first-order chi connectivity index (χ1) is 4.86. The molecule has 3 saturated heterocycles. The molecule has 0 aliphatic carbocycles. The maximum Gasteiger partial charge on any atom is 0.186 e. The lowest BCUT2D eigenvalue weighted by Crippen LogP contribution is -2.39. The molecule has 0 radical (unpaired) electrons. The second-order valence-corrected chi connectivity index (χ2v) is 2.93. The van der Waals surface area contributed by atoms with Crippen molar-refractivity contribution in [2.45, 2.75) is 30.7 Å². The zero-order valence-electron chi connectivity index (χ0n) is 5.27. The molecule has 3 aliphatic rings. The van der Waals surface area contributed by atoms with Crippen LogP contribution in [0, 0.1) is 0 Å². The number of aliphatic hydroxyl groups is 1. The van der Waals surface area contributed by atoms with Crippen LogP contribution >= 0.6 is 0 Å². The molecule has 3 fully saturated rings. The quantitative estimate of drug-likeness (QED) is 0.437. The van der Waals surface area contributed by atoms with Crippen LogP contribution < -0.4 is 0 Å². The third-order valence-corrected chi connectivity index (χ3v) is 2.28. The summed E-state index contributed by atoms with van der Waals surface area (Å²) in [4.78, 5) is 0. The zero-order valence-corrected chi connectivity index (χ0v) is 5.27. The Balaban J connectivity index is 1.91. The van der Waals surface area contributed by atoms with Gasteiger partial charge in [0.1, 0.15) is 24.4 Å². The summed E-state index contributed by atoms with van der Waals surface area (Å²) in [5, 5.41) is 9.33. The Labute approximate surface area is 57.7 Å². The van der Waals surface area contributed by atoms with Gasteiger partial charge in [0.15, 0.2) is 6.29 Å². The molecule has 0 aromatic carbocycles. The van der Waals surface area contributed by atoms with E-state index in [1.807, 2.05) is 0 Å². The standard InChI is InChI=1S/C6H8O4/c7-3-5-4(10-5)2-1-8-6(3)9-2/h2-7H,1H2/t2-,3-,4+,5-,6-/m0/s1. The van der Waals surface area contributed by atoms with E-state index in [9.17, 15) is 5.11 Å². The molecular weight excluding hydrogens is 136 g/mol. The Morgan fingerprint density at radius 2 is 2.10 bits per heavy atom. The van der Waals surface area contributed by atoms with Crippen LogP contribution in [0.15, 0.2) is 0 Å². The minimum absolute atomic E-state index is 0.00810. The van der Waals surface area contributed by atoms with Gasteiger partial charge in [-0.05, 0) is 0 Å². The fraction of sp³-hybridized carbons (Fsp3) is 1.00. The highest BCUT2D eigenvalue weighted by Gasteiger charge is 2.60. The van der Waals surface area contributed by atoms with Crippen LogP contribution in [-0.4, -0.2) is 42.4 Å². The smallest absolute Gasteiger partial charge is 0.186 e. The Bertz CT molecular complexity index is 169. The van der Waals surface area contributed by atoms with Gasteiger partial charge in [-0.2, -0.15) is 0 Å². The normalized spacial score (nSPS) is 63.9. The molecule has 0 amide bonds. The summed E-state index contributed by atoms with van der Waals surface area (Å²) in [5.74, 6) is 0. The fourth-order valence-electron chi connectivity index (χ4n) is 1.66. The zero-order chi connectivity index (χ0) is 6.72. The van der Waals surface area contributed by atoms with E-state index in [0.717, 1.165) is 0 Å². The molecule has 3 rings (SSSR count). The summed E-state index contributed by atoms with van der Waals surface area (Å²) in [6.45, 7) is 0.572. The number of hydrogen-bond acceptors (Lipinski definition) is 4. The largest absolute Gasteiger partial charge is 0.385 e. The van der Waals surface area contributed by atoms with Crippen LogP contribution in [-0.2, 0) is 14.2 Å². The van der Waals surface area contributed by atoms with E-state index >= 15 is 0 Å². The lowest BCUT2D eigenvalue weighted by atomic mass is 10.1. The summed E-state index contributed by atoms with van der Waals surface area (Å²) in [7, 11) is 0. The van der Waals surface area contributed by atoms with Gasteiger partial charge in [0.25, 0.3) is 0 Å². The van der Waals surface area contributed by atoms with Crippen molar-refractivity contribution in [3.05, 3.63) is 0 Å². The molecular formula is C6H8O4. The molecule has 0 aromatic rings. The van der Waals surface area contributed by atoms with Gasteiger partial charge in [-0.1, -0.05) is 0 Å². The summed E-state index contributed by atoms with van der Waals surface area (Å²) in [5.41, 5.74) is 0. The van der Waals surface area contributed by atoms with E-state index in [0.29, 0.717) is 6.61 Å². The van der Waals surface area contributed by atoms with Crippen LogP contribution in [0.3, 0.4) is 0 Å². The number of hydrogen-bond donors (Lipinski definition) is 1. The first-order valence-corrected chi connectivity index (χ1v) is 3.47. The van der Waals surface area contributed by atoms with Crippen molar-refractivity contribution >= 4 is 0 Å². The van der Waals surface area contributed by atoms with Crippen LogP contribution in [0.25, 0.3) is 0 Å². The fourth-order valence-corrected chi connectivity index (χ4v) is 1.66. The van der Waals surface area contributed by atoms with Crippen LogP contribution in [0.4, 0.5) is 0 Å². The molecule has 3 aliphatic heterocycles. The number of aliphatic hydroxyl groups excluding tert-OH is 1. The first kappa shape index (κ1) is 5.49. The Morgan fingerprint density at radius 3 is 3.00 bits per heavy atom. The molecule has 2 bridgehead atoms. The first-order valence-electron chi connectivity index (χ1n) is 3.47. The second kappa shape index (κ2) is 1.53. The molecule has 0 saturated carbocycles. The number of fused-ring (bicyclic) bond motifs is 4. The van der Waals surface area contributed by atoms with E-state index in [1.165, 1.54) is 0 Å². The van der Waals surface area contributed by atoms with Gasteiger partial charge in [-0.15, -0.1) is 0 Å². The van der Waals surface area contributed by atoms with Gasteiger partial charge < -0.3 is 19.3 Å². The van der Waals surface area contributed by atoms with Crippen molar-refractivity contribution < 1.29 is 19.3 Å². The molecule has 4 heteroatoms. The molecule has 0 spiro atoms. The van der Waals surface area contributed by atoms with Gasteiger partial charge in [0, 0.05) is 0 Å². The van der Waals surface area contributed by atoms with Crippen LogP contribution in [0.1, 0.15) is 0 Å². The summed E-state index contributed by atoms with van der Waals surface area (Å²) < 4.78 is 15.6. The second-order valence-electron chi connectivity index (χ2n) is 2.93. The van der Waals surface area contributed by atoms with Crippen molar-refractivity contribution in [1.29, 1.82) is 0 Å². The van der Waals surface area contributed by atoms with Gasteiger partial charge in [0.2, 0.25) is 0 Å². The SMILES string of the molecule is O[C@@H]1[C@H]2OC[C@H](O2)[C@H]2O[C@@H]12. The monoisotopic (exact) mass is 144 g/mol. The molecule has 3 heterocycles. The Hall–Kier alpha value is -0.160. The lowest BCUT2D eigenvalue weighted by Gasteiger charge is -2.18. The third-order valence-electron chi connectivity index (χ3n) is 2.28. The van der Waals surface area contributed by atoms with Crippen molar-refractivity contribution in [3.8, 4) is 0 Å². The van der Waals surface area contributed by atoms with Crippen LogP contribution in [0.5, 0.6) is 0 Å². The Kier molecular flexibility index (Phi) is 0.840. The summed E-state index contributed by atoms with van der Waals surface area (Å²) in [6.07, 6.45) is -0.809. The predicted octanol–water partition coefficient (Wildman–Crippen LogP) is -1.13. The average Bonchev–Trinajstić information content (AvgIpc) is 2.61. The summed E-state index contributed by atoms with van der Waals surface area (Å²) in [6, 6.07) is 0. The molecule has 1 N–H and O–H groups in total. The summed E-state index contributed by atoms with van der Waals surface area (Å²) >= 11 is 0. The van der Waals surface area contributed by atoms with Gasteiger partial charge in [-0.25, -0.2) is 0 Å². The van der Waals surface area contributed by atoms with Crippen molar-refractivity contribution in [2.75, 3.05) is 6.61 Å². The van der Waals surface area contributed by atoms with Crippen molar-refractivity contribution in [2.24, 2.45) is 0 Å². The van der Waals surface area contributed by atoms with E-state index in [2.05, 4.69) is 0 Å². The maximum absolute atomic E-state index is 9.33. The lowest BCUT2D eigenvalue weighted by molar-refractivity contribution is -0.143. The topological polar surface area (TPSA) is 51.2 Å². The van der Waals surface area contributed by atoms with Crippen molar-refractivity contribution in [3.63, 3.8) is 0 Å². The minimum atomic E-state index is -0.566. The molecule has 4 nitrogen and oxygen atoms in total. The Morgan fingerprint density at radius 1 is 1.20 bits per heavy atom. The predicted molar refractivity (Wildman–Crippen MR) is 29.3 cm³/mol. The van der Waals surface area contributed by atoms with Gasteiger partial charge >= 0.3 is 0 Å². The minimum Gasteiger partial charge on any atom is -0.385 e. The van der Waals surface area contributed by atoms with E-state index < -0.39 is 12.4 Å². The number of rotatable bonds is 0. The number of ether oxygens (including phenoxy) is 3. The highest BCUT2D eigenvalue weighted by Crippen LogP contribution is 2.41. The molecule has 0 unspecified atom stereocenters. The third kappa shape index (κ3) is 0.509. The molecule has 0 aromatic heterocycles.